The Hall–Kier alpha value is -2.42. The summed E-state index contributed by atoms with van der Waals surface area (Å²) in [5.74, 6) is -0.594. The normalized spacial score (nSPS) is 15.7. The smallest absolute Gasteiger partial charge is 0.395 e. The van der Waals surface area contributed by atoms with Gasteiger partial charge in [0.15, 0.2) is 0 Å². The third-order valence-corrected chi connectivity index (χ3v) is 4.73. The van der Waals surface area contributed by atoms with Crippen LogP contribution in [0.1, 0.15) is 6.92 Å². The van der Waals surface area contributed by atoms with E-state index in [9.17, 15) is 19.4 Å². The summed E-state index contributed by atoms with van der Waals surface area (Å²) in [6, 6.07) is 15.8. The Morgan fingerprint density at radius 1 is 1.14 bits per heavy atom. The summed E-state index contributed by atoms with van der Waals surface area (Å²) < 4.78 is 20.5. The minimum absolute atomic E-state index is 0.424. The van der Waals surface area contributed by atoms with Crippen molar-refractivity contribution in [3.05, 3.63) is 54.6 Å². The van der Waals surface area contributed by atoms with E-state index < -0.39 is 32.4 Å². The van der Waals surface area contributed by atoms with Crippen LogP contribution in [0.3, 0.4) is 0 Å². The highest BCUT2D eigenvalue weighted by Gasteiger charge is 2.36. The van der Waals surface area contributed by atoms with Crippen LogP contribution in [-0.2, 0) is 18.4 Å². The summed E-state index contributed by atoms with van der Waals surface area (Å²) in [7, 11) is -3.26. The van der Waals surface area contributed by atoms with Crippen molar-refractivity contribution in [2.45, 2.75) is 6.92 Å². The molecule has 0 saturated heterocycles. The molecule has 0 aromatic heterocycles. The highest BCUT2D eigenvalue weighted by Crippen LogP contribution is 2.43. The Labute approximate surface area is 162 Å². The molecule has 9 nitrogen and oxygen atoms in total. The standard InChI is InChI=1S/C18H22N3O6P/c1-18(12-22,13-27-28(24,25)26-2)17(23)19-15-9-6-10-16(11-15)21-20-14-7-4-3-5-8-14/h3-11,22H,12-13H2,1-2H3,(H,19,23)(H,24,25). The summed E-state index contributed by atoms with van der Waals surface area (Å²) >= 11 is 0. The van der Waals surface area contributed by atoms with Gasteiger partial charge in [-0.05, 0) is 37.3 Å². The molecule has 2 aromatic rings. The van der Waals surface area contributed by atoms with Gasteiger partial charge in [0, 0.05) is 12.8 Å². The van der Waals surface area contributed by atoms with E-state index in [1.807, 2.05) is 30.3 Å². The predicted octanol–water partition coefficient (Wildman–Crippen LogP) is 3.80. The fourth-order valence-electron chi connectivity index (χ4n) is 2.00. The van der Waals surface area contributed by atoms with Crippen LogP contribution in [0.15, 0.2) is 64.8 Å². The molecule has 28 heavy (non-hydrogen) atoms. The second-order valence-electron chi connectivity index (χ2n) is 6.18. The van der Waals surface area contributed by atoms with Crippen LogP contribution >= 0.6 is 7.82 Å². The van der Waals surface area contributed by atoms with Crippen molar-refractivity contribution in [2.24, 2.45) is 15.6 Å². The van der Waals surface area contributed by atoms with E-state index in [0.717, 1.165) is 7.11 Å². The topological polar surface area (TPSA) is 130 Å². The maximum absolute atomic E-state index is 12.5. The number of carbonyl (C=O) groups is 1. The average molecular weight is 407 g/mol. The highest BCUT2D eigenvalue weighted by atomic mass is 31.2. The molecule has 150 valence electrons. The minimum Gasteiger partial charge on any atom is -0.395 e. The molecule has 3 N–H and O–H groups in total. The van der Waals surface area contributed by atoms with Gasteiger partial charge in [-0.3, -0.25) is 13.8 Å². The van der Waals surface area contributed by atoms with Gasteiger partial charge < -0.3 is 15.3 Å². The van der Waals surface area contributed by atoms with Gasteiger partial charge >= 0.3 is 7.82 Å². The molecule has 2 aromatic carbocycles. The van der Waals surface area contributed by atoms with Crippen molar-refractivity contribution in [3.8, 4) is 0 Å². The molecule has 2 unspecified atom stereocenters. The predicted molar refractivity (Wildman–Crippen MR) is 104 cm³/mol. The zero-order chi connectivity index (χ0) is 20.6. The fraction of sp³-hybridized carbons (Fsp3) is 0.278. The molecule has 0 radical (unpaired) electrons. The maximum Gasteiger partial charge on any atom is 0.471 e. The second kappa shape index (κ2) is 9.68. The number of benzene rings is 2. The van der Waals surface area contributed by atoms with Crippen LogP contribution in [0.5, 0.6) is 0 Å². The maximum atomic E-state index is 12.5. The molecule has 0 aliphatic rings. The van der Waals surface area contributed by atoms with E-state index in [-0.39, 0.29) is 0 Å². The summed E-state index contributed by atoms with van der Waals surface area (Å²) in [4.78, 5) is 21.9. The van der Waals surface area contributed by atoms with Gasteiger partial charge in [-0.2, -0.15) is 10.2 Å². The number of nitrogens with zero attached hydrogens (tertiary/aromatic N) is 2. The number of hydrogen-bond donors (Lipinski definition) is 3. The van der Waals surface area contributed by atoms with Gasteiger partial charge in [0.2, 0.25) is 5.91 Å². The molecule has 0 aliphatic carbocycles. The first-order chi connectivity index (χ1) is 13.3. The zero-order valence-corrected chi connectivity index (χ0v) is 16.4. The molecule has 0 bridgehead atoms. The summed E-state index contributed by atoms with van der Waals surface area (Å²) in [6.07, 6.45) is 0. The Bertz CT molecular complexity index is 877. The lowest BCUT2D eigenvalue weighted by atomic mass is 9.92. The van der Waals surface area contributed by atoms with Gasteiger partial charge in [0.25, 0.3) is 0 Å². The van der Waals surface area contributed by atoms with Crippen LogP contribution < -0.4 is 5.32 Å². The number of carbonyl (C=O) groups excluding carboxylic acids is 1. The zero-order valence-electron chi connectivity index (χ0n) is 15.5. The summed E-state index contributed by atoms with van der Waals surface area (Å²) in [6.45, 7) is 0.289. The Balaban J connectivity index is 2.08. The van der Waals surface area contributed by atoms with Crippen LogP contribution in [0.2, 0.25) is 0 Å². The van der Waals surface area contributed by atoms with E-state index in [2.05, 4.69) is 20.1 Å². The van der Waals surface area contributed by atoms with Gasteiger partial charge in [0.1, 0.15) is 0 Å². The number of rotatable bonds is 9. The highest BCUT2D eigenvalue weighted by molar-refractivity contribution is 7.47. The lowest BCUT2D eigenvalue weighted by Crippen LogP contribution is -2.40. The molecular formula is C18H22N3O6P. The van der Waals surface area contributed by atoms with Crippen molar-refractivity contribution in [2.75, 3.05) is 25.6 Å². The first-order valence-electron chi connectivity index (χ1n) is 8.30. The Morgan fingerprint density at radius 3 is 2.43 bits per heavy atom. The molecule has 2 rings (SSSR count). The molecule has 2 atom stereocenters. The van der Waals surface area contributed by atoms with Gasteiger partial charge in [-0.25, -0.2) is 4.57 Å². The van der Waals surface area contributed by atoms with Gasteiger partial charge in [-0.15, -0.1) is 0 Å². The Morgan fingerprint density at radius 2 is 1.79 bits per heavy atom. The molecule has 10 heteroatoms. The first kappa shape index (κ1) is 21.9. The second-order valence-corrected chi connectivity index (χ2v) is 7.74. The number of amides is 1. The van der Waals surface area contributed by atoms with E-state index in [0.29, 0.717) is 17.1 Å². The number of aliphatic hydroxyl groups is 1. The van der Waals surface area contributed by atoms with Crippen molar-refractivity contribution < 1.29 is 28.4 Å². The van der Waals surface area contributed by atoms with E-state index in [1.165, 1.54) is 6.92 Å². The largest absolute Gasteiger partial charge is 0.471 e. The fourth-order valence-corrected chi connectivity index (χ4v) is 2.55. The monoisotopic (exact) mass is 407 g/mol. The first-order valence-corrected chi connectivity index (χ1v) is 9.80. The average Bonchev–Trinajstić information content (AvgIpc) is 2.71. The van der Waals surface area contributed by atoms with Crippen LogP contribution in [0, 0.1) is 5.41 Å². The van der Waals surface area contributed by atoms with Crippen LogP contribution in [0.4, 0.5) is 17.1 Å². The van der Waals surface area contributed by atoms with Crippen LogP contribution in [0.25, 0.3) is 0 Å². The number of phosphoric acid groups is 1. The van der Waals surface area contributed by atoms with Crippen molar-refractivity contribution >= 4 is 30.8 Å². The van der Waals surface area contributed by atoms with Crippen molar-refractivity contribution in [1.82, 2.24) is 0 Å². The third kappa shape index (κ3) is 6.33. The molecule has 0 aliphatic heterocycles. The number of aliphatic hydroxyl groups excluding tert-OH is 1. The van der Waals surface area contributed by atoms with E-state index in [4.69, 9.17) is 4.52 Å². The van der Waals surface area contributed by atoms with Crippen molar-refractivity contribution in [1.29, 1.82) is 0 Å². The lowest BCUT2D eigenvalue weighted by molar-refractivity contribution is -0.129. The third-order valence-electron chi connectivity index (χ3n) is 3.82. The van der Waals surface area contributed by atoms with E-state index >= 15 is 0 Å². The number of anilines is 1. The lowest BCUT2D eigenvalue weighted by Gasteiger charge is -2.26. The number of azo groups is 1. The molecule has 0 spiro atoms. The van der Waals surface area contributed by atoms with Crippen LogP contribution in [-0.4, -0.2) is 36.2 Å². The molecule has 1 amide bonds. The Kier molecular flexibility index (Phi) is 7.56. The summed E-state index contributed by atoms with van der Waals surface area (Å²) in [5, 5.41) is 20.4. The molecular weight excluding hydrogens is 385 g/mol. The molecule has 0 heterocycles. The minimum atomic E-state index is -4.27. The quantitative estimate of drug-likeness (QED) is 0.428. The van der Waals surface area contributed by atoms with Gasteiger partial charge in [-0.1, -0.05) is 24.3 Å². The number of phosphoric ester groups is 1. The van der Waals surface area contributed by atoms with Crippen molar-refractivity contribution in [3.63, 3.8) is 0 Å². The molecule has 0 fully saturated rings. The summed E-state index contributed by atoms with van der Waals surface area (Å²) in [5.41, 5.74) is 0.169. The molecule has 0 saturated carbocycles. The van der Waals surface area contributed by atoms with E-state index in [1.54, 1.807) is 24.3 Å². The number of nitrogens with one attached hydrogen (secondary N) is 1. The SMILES string of the molecule is COP(=O)(O)OCC(C)(CO)C(=O)Nc1cccc(N=Nc2ccccc2)c1. The van der Waals surface area contributed by atoms with Gasteiger partial charge in [0.05, 0.1) is 30.0 Å². The number of hydrogen-bond acceptors (Lipinski definition) is 7.